The van der Waals surface area contributed by atoms with Crippen molar-refractivity contribution in [1.29, 1.82) is 0 Å². The smallest absolute Gasteiger partial charge is 0.118 e. The first-order chi connectivity index (χ1) is 9.77. The molecule has 0 radical (unpaired) electrons. The van der Waals surface area contributed by atoms with Gasteiger partial charge in [0.15, 0.2) is 0 Å². The van der Waals surface area contributed by atoms with Crippen LogP contribution in [0.4, 0.5) is 0 Å². The van der Waals surface area contributed by atoms with E-state index in [-0.39, 0.29) is 0 Å². The molecular formula is C18H15NS. The van der Waals surface area contributed by atoms with Crippen LogP contribution < -0.4 is 0 Å². The van der Waals surface area contributed by atoms with Gasteiger partial charge in [-0.2, -0.15) is 0 Å². The Kier molecular flexibility index (Phi) is 3.48. The zero-order valence-electron chi connectivity index (χ0n) is 11.3. The maximum absolute atomic E-state index is 5.71. The van der Waals surface area contributed by atoms with E-state index < -0.39 is 0 Å². The van der Waals surface area contributed by atoms with E-state index in [1.54, 1.807) is 0 Å². The van der Waals surface area contributed by atoms with Crippen LogP contribution in [0, 0.1) is 11.6 Å². The average Bonchev–Trinajstić information content (AvgIpc) is 2.49. The molecule has 0 saturated carbocycles. The Hall–Kier alpha value is -2.19. The number of benzene rings is 2. The fourth-order valence-corrected chi connectivity index (χ4v) is 2.82. The molecule has 0 bridgehead atoms. The van der Waals surface area contributed by atoms with E-state index in [9.17, 15) is 0 Å². The van der Waals surface area contributed by atoms with Gasteiger partial charge in [-0.3, -0.25) is 0 Å². The van der Waals surface area contributed by atoms with Crippen molar-refractivity contribution in [3.05, 3.63) is 83.1 Å². The van der Waals surface area contributed by atoms with Crippen molar-refractivity contribution in [3.63, 3.8) is 0 Å². The van der Waals surface area contributed by atoms with E-state index in [0.29, 0.717) is 0 Å². The molecule has 0 N–H and O–H groups in total. The van der Waals surface area contributed by atoms with Crippen LogP contribution in [0.3, 0.4) is 0 Å². The van der Waals surface area contributed by atoms with E-state index >= 15 is 0 Å². The quantitative estimate of drug-likeness (QED) is 0.584. The Morgan fingerprint density at radius 2 is 1.40 bits per heavy atom. The van der Waals surface area contributed by atoms with Crippen LogP contribution in [0.5, 0.6) is 0 Å². The van der Waals surface area contributed by atoms with Gasteiger partial charge in [0.1, 0.15) is 4.64 Å². The molecule has 0 aliphatic carbocycles. The fraction of sp³-hybridized carbons (Fsp3) is 0.0556. The average molecular weight is 277 g/mol. The number of aryl methyl sites for hydroxylation is 1. The van der Waals surface area contributed by atoms with Crippen molar-refractivity contribution < 1.29 is 0 Å². The minimum Gasteiger partial charge on any atom is -0.308 e. The highest BCUT2D eigenvalue weighted by Crippen LogP contribution is 2.26. The molecule has 98 valence electrons. The summed E-state index contributed by atoms with van der Waals surface area (Å²) in [7, 11) is 0. The normalized spacial score (nSPS) is 10.4. The lowest BCUT2D eigenvalue weighted by molar-refractivity contribution is 1.02. The summed E-state index contributed by atoms with van der Waals surface area (Å²) in [6.45, 7) is 2.10. The molecule has 0 unspecified atom stereocenters. The highest BCUT2D eigenvalue weighted by Gasteiger charge is 2.07. The molecule has 0 amide bonds. The van der Waals surface area contributed by atoms with Crippen molar-refractivity contribution in [2.24, 2.45) is 0 Å². The molecule has 0 aliphatic heterocycles. The van der Waals surface area contributed by atoms with E-state index in [0.717, 1.165) is 15.9 Å². The topological polar surface area (TPSA) is 4.93 Å². The van der Waals surface area contributed by atoms with Gasteiger partial charge in [0.2, 0.25) is 0 Å². The predicted octanol–water partition coefficient (Wildman–Crippen LogP) is 5.18. The molecule has 20 heavy (non-hydrogen) atoms. The summed E-state index contributed by atoms with van der Waals surface area (Å²) < 4.78 is 2.91. The van der Waals surface area contributed by atoms with Crippen LogP contribution in [0.2, 0.25) is 0 Å². The number of rotatable bonds is 2. The maximum Gasteiger partial charge on any atom is 0.118 e. The van der Waals surface area contributed by atoms with Crippen molar-refractivity contribution in [1.82, 2.24) is 4.57 Å². The summed E-state index contributed by atoms with van der Waals surface area (Å²) >= 11 is 5.71. The Bertz CT molecular complexity index is 774. The van der Waals surface area contributed by atoms with Gasteiger partial charge in [0.25, 0.3) is 0 Å². The SMILES string of the molecule is Cc1ccn(-c2ccccc2)c(=S)c1-c1ccccc1. The van der Waals surface area contributed by atoms with Gasteiger partial charge in [-0.05, 0) is 36.2 Å². The Labute approximate surface area is 124 Å². The first-order valence-corrected chi connectivity index (χ1v) is 7.01. The summed E-state index contributed by atoms with van der Waals surface area (Å²) in [4.78, 5) is 0. The Morgan fingerprint density at radius 1 is 0.800 bits per heavy atom. The molecule has 0 fully saturated rings. The standard InChI is InChI=1S/C18H15NS/c1-14-12-13-19(16-10-6-3-7-11-16)18(20)17(14)15-8-4-2-5-9-15/h2-13H,1H3. The summed E-state index contributed by atoms with van der Waals surface area (Å²) in [5.74, 6) is 0. The molecule has 1 nitrogen and oxygen atoms in total. The predicted molar refractivity (Wildman–Crippen MR) is 86.8 cm³/mol. The van der Waals surface area contributed by atoms with E-state index in [1.807, 2.05) is 42.6 Å². The largest absolute Gasteiger partial charge is 0.308 e. The van der Waals surface area contributed by atoms with Crippen LogP contribution in [-0.4, -0.2) is 4.57 Å². The number of hydrogen-bond acceptors (Lipinski definition) is 1. The third-order valence-electron chi connectivity index (χ3n) is 3.40. The first kappa shape index (κ1) is 12.8. The lowest BCUT2D eigenvalue weighted by Crippen LogP contribution is -1.99. The lowest BCUT2D eigenvalue weighted by Gasteiger charge is -2.13. The highest BCUT2D eigenvalue weighted by molar-refractivity contribution is 7.71. The Balaban J connectivity index is 2.25. The molecule has 0 aliphatic rings. The van der Waals surface area contributed by atoms with E-state index in [4.69, 9.17) is 12.2 Å². The van der Waals surface area contributed by atoms with Crippen molar-refractivity contribution in [3.8, 4) is 16.8 Å². The third-order valence-corrected chi connectivity index (χ3v) is 3.80. The molecule has 0 atom stereocenters. The van der Waals surface area contributed by atoms with E-state index in [2.05, 4.69) is 41.8 Å². The van der Waals surface area contributed by atoms with Crippen LogP contribution in [0.15, 0.2) is 72.9 Å². The second kappa shape index (κ2) is 5.43. The van der Waals surface area contributed by atoms with Gasteiger partial charge >= 0.3 is 0 Å². The molecule has 2 aromatic carbocycles. The van der Waals surface area contributed by atoms with Crippen molar-refractivity contribution in [2.45, 2.75) is 6.92 Å². The summed E-state index contributed by atoms with van der Waals surface area (Å²) in [5, 5.41) is 0. The molecule has 3 rings (SSSR count). The summed E-state index contributed by atoms with van der Waals surface area (Å²) in [6.07, 6.45) is 2.04. The second-order valence-corrected chi connectivity index (χ2v) is 5.14. The molecular weight excluding hydrogens is 262 g/mol. The van der Waals surface area contributed by atoms with Gasteiger partial charge in [-0.1, -0.05) is 60.7 Å². The zero-order chi connectivity index (χ0) is 13.9. The van der Waals surface area contributed by atoms with Gasteiger partial charge in [-0.15, -0.1) is 0 Å². The minimum atomic E-state index is 0.849. The monoisotopic (exact) mass is 277 g/mol. The van der Waals surface area contributed by atoms with Gasteiger partial charge in [-0.25, -0.2) is 0 Å². The molecule has 0 saturated heterocycles. The lowest BCUT2D eigenvalue weighted by atomic mass is 10.0. The number of hydrogen-bond donors (Lipinski definition) is 0. The fourth-order valence-electron chi connectivity index (χ4n) is 2.37. The van der Waals surface area contributed by atoms with Gasteiger partial charge in [0, 0.05) is 17.4 Å². The van der Waals surface area contributed by atoms with Crippen molar-refractivity contribution in [2.75, 3.05) is 0 Å². The minimum absolute atomic E-state index is 0.849. The number of para-hydroxylation sites is 1. The molecule has 1 aromatic heterocycles. The van der Waals surface area contributed by atoms with Crippen LogP contribution in [-0.2, 0) is 0 Å². The van der Waals surface area contributed by atoms with Gasteiger partial charge < -0.3 is 4.57 Å². The first-order valence-electron chi connectivity index (χ1n) is 6.60. The van der Waals surface area contributed by atoms with Crippen LogP contribution in [0.1, 0.15) is 5.56 Å². The highest BCUT2D eigenvalue weighted by atomic mass is 32.1. The van der Waals surface area contributed by atoms with Crippen LogP contribution >= 0.6 is 12.2 Å². The number of pyridine rings is 1. The second-order valence-electron chi connectivity index (χ2n) is 4.75. The molecule has 1 heterocycles. The molecule has 0 spiro atoms. The molecule has 2 heteroatoms. The van der Waals surface area contributed by atoms with Crippen LogP contribution in [0.25, 0.3) is 16.8 Å². The summed E-state index contributed by atoms with van der Waals surface area (Å²) in [6, 6.07) is 22.6. The number of nitrogens with zero attached hydrogens (tertiary/aromatic N) is 1. The zero-order valence-corrected chi connectivity index (χ0v) is 12.1. The maximum atomic E-state index is 5.71. The van der Waals surface area contributed by atoms with Gasteiger partial charge in [0.05, 0.1) is 0 Å². The molecule has 3 aromatic rings. The Morgan fingerprint density at radius 3 is 2.05 bits per heavy atom. The third kappa shape index (κ3) is 2.30. The van der Waals surface area contributed by atoms with Crippen molar-refractivity contribution >= 4 is 12.2 Å². The summed E-state index contributed by atoms with van der Waals surface area (Å²) in [5.41, 5.74) is 4.59. The number of aromatic nitrogens is 1. The van der Waals surface area contributed by atoms with E-state index in [1.165, 1.54) is 11.1 Å².